The van der Waals surface area contributed by atoms with Crippen LogP contribution in [0.25, 0.3) is 17.3 Å². The van der Waals surface area contributed by atoms with E-state index in [0.717, 1.165) is 11.1 Å². The number of carboxylic acids is 1. The number of hydrogen-bond donors (Lipinski definition) is 1. The average molecular weight is 458 g/mol. The minimum atomic E-state index is -1.18. The highest BCUT2D eigenvalue weighted by atomic mass is 35.5. The Labute approximate surface area is 188 Å². The SMILES string of the molecule is COc1ccc(/C=C2\CN(C=O)Cc3c(C(=O)O)nn(-c4ccc(Cl)cc4Cl)c32)cc1. The van der Waals surface area contributed by atoms with Gasteiger partial charge >= 0.3 is 5.97 Å². The average Bonchev–Trinajstić information content (AvgIpc) is 3.14. The second-order valence-electron chi connectivity index (χ2n) is 6.94. The van der Waals surface area contributed by atoms with Crippen molar-refractivity contribution < 1.29 is 19.4 Å². The van der Waals surface area contributed by atoms with Gasteiger partial charge in [-0.3, -0.25) is 4.79 Å². The number of aromatic carboxylic acids is 1. The molecular weight excluding hydrogens is 441 g/mol. The van der Waals surface area contributed by atoms with Crippen molar-refractivity contribution in [2.24, 2.45) is 0 Å². The molecule has 1 aliphatic rings. The lowest BCUT2D eigenvalue weighted by molar-refractivity contribution is -0.118. The molecule has 2 aromatic carbocycles. The molecule has 7 nitrogen and oxygen atoms in total. The third-order valence-electron chi connectivity index (χ3n) is 4.97. The van der Waals surface area contributed by atoms with Gasteiger partial charge in [-0.2, -0.15) is 5.10 Å². The molecule has 158 valence electrons. The van der Waals surface area contributed by atoms with Gasteiger partial charge in [-0.15, -0.1) is 0 Å². The first-order chi connectivity index (χ1) is 14.9. The first-order valence-corrected chi connectivity index (χ1v) is 10.0. The van der Waals surface area contributed by atoms with E-state index in [1.165, 1.54) is 9.58 Å². The number of carbonyl (C=O) groups is 2. The minimum absolute atomic E-state index is 0.131. The van der Waals surface area contributed by atoms with Gasteiger partial charge in [0.05, 0.1) is 30.1 Å². The smallest absolute Gasteiger partial charge is 0.356 e. The monoisotopic (exact) mass is 457 g/mol. The number of nitrogens with zero attached hydrogens (tertiary/aromatic N) is 3. The third-order valence-corrected chi connectivity index (χ3v) is 5.51. The van der Waals surface area contributed by atoms with Crippen LogP contribution in [0.5, 0.6) is 5.75 Å². The van der Waals surface area contributed by atoms with Crippen LogP contribution in [-0.4, -0.2) is 45.8 Å². The fourth-order valence-electron chi connectivity index (χ4n) is 3.57. The molecule has 0 radical (unpaired) electrons. The first kappa shape index (κ1) is 21.0. The Balaban J connectivity index is 1.95. The normalized spacial score (nSPS) is 14.4. The summed E-state index contributed by atoms with van der Waals surface area (Å²) >= 11 is 12.4. The molecule has 0 unspecified atom stereocenters. The molecule has 0 fully saturated rings. The first-order valence-electron chi connectivity index (χ1n) is 9.26. The highest BCUT2D eigenvalue weighted by Crippen LogP contribution is 2.35. The molecule has 0 saturated carbocycles. The molecule has 3 aromatic rings. The number of fused-ring (bicyclic) bond motifs is 1. The van der Waals surface area contributed by atoms with Gasteiger partial charge in [0.15, 0.2) is 5.69 Å². The second kappa shape index (κ2) is 8.45. The van der Waals surface area contributed by atoms with E-state index in [9.17, 15) is 14.7 Å². The van der Waals surface area contributed by atoms with Crippen molar-refractivity contribution in [2.75, 3.05) is 13.7 Å². The van der Waals surface area contributed by atoms with Crippen molar-refractivity contribution in [1.82, 2.24) is 14.7 Å². The standard InChI is InChI=1S/C22H17Cl2N3O4/c1-31-16-5-2-13(3-6-16)8-14-10-26(12-28)11-17-20(22(29)30)25-27(21(14)17)19-7-4-15(23)9-18(19)24/h2-9,12H,10-11H2,1H3,(H,29,30)/b14-8+. The zero-order valence-corrected chi connectivity index (χ0v) is 17.9. The van der Waals surface area contributed by atoms with Gasteiger partial charge in [0.1, 0.15) is 5.75 Å². The van der Waals surface area contributed by atoms with Crippen molar-refractivity contribution >= 4 is 47.2 Å². The van der Waals surface area contributed by atoms with E-state index in [2.05, 4.69) is 5.10 Å². The van der Waals surface area contributed by atoms with E-state index in [1.54, 1.807) is 25.3 Å². The van der Waals surface area contributed by atoms with Crippen molar-refractivity contribution in [1.29, 1.82) is 0 Å². The third kappa shape index (κ3) is 4.02. The molecule has 9 heteroatoms. The molecule has 4 rings (SSSR count). The predicted molar refractivity (Wildman–Crippen MR) is 118 cm³/mol. The van der Waals surface area contributed by atoms with Gasteiger partial charge in [-0.05, 0) is 47.5 Å². The Morgan fingerprint density at radius 2 is 1.90 bits per heavy atom. The molecule has 1 aliphatic heterocycles. The van der Waals surface area contributed by atoms with Gasteiger partial charge in [0.25, 0.3) is 0 Å². The van der Waals surface area contributed by atoms with Gasteiger partial charge in [0, 0.05) is 17.1 Å². The Bertz CT molecular complexity index is 1200. The van der Waals surface area contributed by atoms with Crippen molar-refractivity contribution in [2.45, 2.75) is 6.54 Å². The number of carbonyl (C=O) groups excluding carboxylic acids is 1. The fourth-order valence-corrected chi connectivity index (χ4v) is 4.06. The summed E-state index contributed by atoms with van der Waals surface area (Å²) in [6, 6.07) is 12.3. The quantitative estimate of drug-likeness (QED) is 0.573. The second-order valence-corrected chi connectivity index (χ2v) is 7.79. The summed E-state index contributed by atoms with van der Waals surface area (Å²) in [6.07, 6.45) is 2.59. The number of amides is 1. The van der Waals surface area contributed by atoms with Crippen LogP contribution in [0.4, 0.5) is 0 Å². The van der Waals surface area contributed by atoms with Crippen LogP contribution < -0.4 is 4.74 Å². The molecule has 1 aromatic heterocycles. The summed E-state index contributed by atoms with van der Waals surface area (Å²) in [5, 5.41) is 14.8. The number of methoxy groups -OCH3 is 1. The number of hydrogen-bond acceptors (Lipinski definition) is 4. The van der Waals surface area contributed by atoms with E-state index in [1.807, 2.05) is 30.3 Å². The summed E-state index contributed by atoms with van der Waals surface area (Å²) in [7, 11) is 1.59. The van der Waals surface area contributed by atoms with E-state index in [0.29, 0.717) is 45.7 Å². The predicted octanol–water partition coefficient (Wildman–Crippen LogP) is 4.40. The summed E-state index contributed by atoms with van der Waals surface area (Å²) in [5.74, 6) is -0.469. The number of aromatic nitrogens is 2. The van der Waals surface area contributed by atoms with Crippen LogP contribution in [0.1, 0.15) is 27.3 Å². The van der Waals surface area contributed by atoms with Crippen LogP contribution in [0.3, 0.4) is 0 Å². The maximum absolute atomic E-state index is 11.9. The topological polar surface area (TPSA) is 84.7 Å². The maximum atomic E-state index is 11.9. The highest BCUT2D eigenvalue weighted by molar-refractivity contribution is 6.35. The minimum Gasteiger partial charge on any atom is -0.497 e. The number of rotatable bonds is 5. The summed E-state index contributed by atoms with van der Waals surface area (Å²) in [5.41, 5.74) is 2.99. The van der Waals surface area contributed by atoms with Crippen LogP contribution in [0, 0.1) is 0 Å². The van der Waals surface area contributed by atoms with Crippen molar-refractivity contribution in [3.8, 4) is 11.4 Å². The Morgan fingerprint density at radius 1 is 1.16 bits per heavy atom. The molecule has 0 spiro atoms. The molecule has 1 amide bonds. The van der Waals surface area contributed by atoms with E-state index in [-0.39, 0.29) is 12.2 Å². The molecule has 2 heterocycles. The van der Waals surface area contributed by atoms with Crippen LogP contribution in [0.15, 0.2) is 42.5 Å². The van der Waals surface area contributed by atoms with Gasteiger partial charge in [-0.1, -0.05) is 35.3 Å². The lowest BCUT2D eigenvalue weighted by Gasteiger charge is -2.26. The number of ether oxygens (including phenoxy) is 1. The fraction of sp³-hybridized carbons (Fsp3) is 0.136. The Morgan fingerprint density at radius 3 is 2.52 bits per heavy atom. The number of carboxylic acid groups (broad SMARTS) is 1. The molecule has 31 heavy (non-hydrogen) atoms. The van der Waals surface area contributed by atoms with Crippen molar-refractivity contribution in [3.63, 3.8) is 0 Å². The van der Waals surface area contributed by atoms with E-state index < -0.39 is 5.97 Å². The van der Waals surface area contributed by atoms with Gasteiger partial charge < -0.3 is 14.7 Å². The van der Waals surface area contributed by atoms with Crippen LogP contribution in [-0.2, 0) is 11.3 Å². The van der Waals surface area contributed by atoms with E-state index >= 15 is 0 Å². The number of benzene rings is 2. The number of halogens is 2. The van der Waals surface area contributed by atoms with Crippen LogP contribution in [0.2, 0.25) is 10.0 Å². The lowest BCUT2D eigenvalue weighted by atomic mass is 9.98. The zero-order chi connectivity index (χ0) is 22.1. The zero-order valence-electron chi connectivity index (χ0n) is 16.4. The highest BCUT2D eigenvalue weighted by Gasteiger charge is 2.31. The van der Waals surface area contributed by atoms with Crippen LogP contribution >= 0.6 is 23.2 Å². The van der Waals surface area contributed by atoms with E-state index in [4.69, 9.17) is 27.9 Å². The summed E-state index contributed by atoms with van der Waals surface area (Å²) in [4.78, 5) is 25.0. The molecule has 0 saturated heterocycles. The van der Waals surface area contributed by atoms with Gasteiger partial charge in [0.2, 0.25) is 6.41 Å². The Kier molecular flexibility index (Phi) is 5.71. The molecular formula is C22H17Cl2N3O4. The lowest BCUT2D eigenvalue weighted by Crippen LogP contribution is -2.29. The molecule has 0 atom stereocenters. The Hall–Kier alpha value is -3.29. The molecule has 0 bridgehead atoms. The van der Waals surface area contributed by atoms with Crippen molar-refractivity contribution in [3.05, 3.63) is 75.0 Å². The maximum Gasteiger partial charge on any atom is 0.356 e. The summed E-state index contributed by atoms with van der Waals surface area (Å²) in [6.45, 7) is 0.421. The summed E-state index contributed by atoms with van der Waals surface area (Å²) < 4.78 is 6.71. The molecule has 1 N–H and O–H groups in total. The largest absolute Gasteiger partial charge is 0.497 e. The van der Waals surface area contributed by atoms with Gasteiger partial charge in [-0.25, -0.2) is 9.48 Å². The molecule has 0 aliphatic carbocycles.